The van der Waals surface area contributed by atoms with Crippen molar-refractivity contribution in [1.82, 2.24) is 19.8 Å². The van der Waals surface area contributed by atoms with Crippen molar-refractivity contribution in [2.24, 2.45) is 0 Å². The van der Waals surface area contributed by atoms with Crippen molar-refractivity contribution < 1.29 is 24.2 Å². The van der Waals surface area contributed by atoms with Gasteiger partial charge in [0, 0.05) is 33.3 Å². The summed E-state index contributed by atoms with van der Waals surface area (Å²) in [6.45, 7) is 1.65. The minimum absolute atomic E-state index is 0.0239. The van der Waals surface area contributed by atoms with Crippen molar-refractivity contribution in [3.63, 3.8) is 0 Å². The number of nitrogens with zero attached hydrogens (tertiary/aromatic N) is 4. The summed E-state index contributed by atoms with van der Waals surface area (Å²) in [5.41, 5.74) is -0.131. The van der Waals surface area contributed by atoms with Crippen molar-refractivity contribution in [1.29, 1.82) is 0 Å². The Morgan fingerprint density at radius 1 is 1.09 bits per heavy atom. The van der Waals surface area contributed by atoms with Crippen molar-refractivity contribution >= 4 is 17.8 Å². The van der Waals surface area contributed by atoms with Crippen molar-refractivity contribution in [2.45, 2.75) is 0 Å². The lowest BCUT2D eigenvalue weighted by molar-refractivity contribution is -0.136. The largest absolute Gasteiger partial charge is 0.476 e. The molecule has 0 spiro atoms. The maximum absolute atomic E-state index is 12.2. The van der Waals surface area contributed by atoms with Crippen LogP contribution in [-0.4, -0.2) is 82.6 Å². The molecule has 2 rings (SSSR count). The number of carbonyl (C=O) groups is 3. The molecular weight excluding hydrogens is 292 g/mol. The molecule has 9 nitrogen and oxygen atoms in total. The quantitative estimate of drug-likeness (QED) is 0.767. The summed E-state index contributed by atoms with van der Waals surface area (Å²) in [5.74, 6) is -1.64. The molecule has 0 unspecified atom stereocenters. The summed E-state index contributed by atoms with van der Waals surface area (Å²) >= 11 is 0. The smallest absolute Gasteiger partial charge is 0.356 e. The molecule has 0 saturated carbocycles. The van der Waals surface area contributed by atoms with E-state index in [4.69, 9.17) is 9.84 Å². The Hall–Kier alpha value is -2.55. The molecule has 1 saturated heterocycles. The maximum atomic E-state index is 12.2. The van der Waals surface area contributed by atoms with Gasteiger partial charge in [0.05, 0.1) is 12.4 Å². The van der Waals surface area contributed by atoms with Gasteiger partial charge in [-0.25, -0.2) is 14.8 Å². The van der Waals surface area contributed by atoms with E-state index >= 15 is 0 Å². The summed E-state index contributed by atoms with van der Waals surface area (Å²) in [5, 5.41) is 8.74. The fourth-order valence-electron chi connectivity index (χ4n) is 2.08. The number of hydrogen-bond acceptors (Lipinski definition) is 6. The monoisotopic (exact) mass is 308 g/mol. The van der Waals surface area contributed by atoms with Gasteiger partial charge in [0.1, 0.15) is 12.3 Å². The molecule has 0 aromatic carbocycles. The molecule has 2 amide bonds. The lowest BCUT2D eigenvalue weighted by atomic mass is 10.2. The van der Waals surface area contributed by atoms with Gasteiger partial charge in [0.25, 0.3) is 5.91 Å². The van der Waals surface area contributed by atoms with Gasteiger partial charge in [0.15, 0.2) is 5.69 Å². The Balaban J connectivity index is 1.94. The fourth-order valence-corrected chi connectivity index (χ4v) is 2.08. The van der Waals surface area contributed by atoms with Crippen LogP contribution in [0.25, 0.3) is 0 Å². The van der Waals surface area contributed by atoms with E-state index in [0.29, 0.717) is 26.2 Å². The highest BCUT2D eigenvalue weighted by Crippen LogP contribution is 2.07. The predicted molar refractivity (Wildman–Crippen MR) is 73.4 cm³/mol. The van der Waals surface area contributed by atoms with Gasteiger partial charge in [-0.3, -0.25) is 9.59 Å². The minimum atomic E-state index is -1.20. The molecule has 9 heteroatoms. The van der Waals surface area contributed by atoms with Crippen molar-refractivity contribution in [3.05, 3.63) is 23.8 Å². The third kappa shape index (κ3) is 3.55. The zero-order chi connectivity index (χ0) is 16.1. The van der Waals surface area contributed by atoms with Crippen LogP contribution >= 0.6 is 0 Å². The van der Waals surface area contributed by atoms with Crippen LogP contribution in [-0.2, 0) is 9.53 Å². The van der Waals surface area contributed by atoms with E-state index in [1.54, 1.807) is 9.80 Å². The number of aromatic nitrogens is 2. The number of hydrogen-bond donors (Lipinski definition) is 1. The molecular formula is C13H16N4O5. The fraction of sp³-hybridized carbons (Fsp3) is 0.462. The van der Waals surface area contributed by atoms with Crippen molar-refractivity contribution in [3.8, 4) is 0 Å². The van der Waals surface area contributed by atoms with E-state index in [0.717, 1.165) is 12.4 Å². The van der Waals surface area contributed by atoms with Gasteiger partial charge in [-0.2, -0.15) is 0 Å². The molecule has 1 aliphatic rings. The van der Waals surface area contributed by atoms with Gasteiger partial charge in [0.2, 0.25) is 5.91 Å². The number of aromatic carboxylic acids is 1. The highest BCUT2D eigenvalue weighted by Gasteiger charge is 2.25. The van der Waals surface area contributed by atoms with Crippen LogP contribution in [0.1, 0.15) is 21.0 Å². The molecule has 22 heavy (non-hydrogen) atoms. The number of amides is 2. The third-order valence-corrected chi connectivity index (χ3v) is 3.28. The number of carboxylic acids is 1. The van der Waals surface area contributed by atoms with Crippen LogP contribution in [0.4, 0.5) is 0 Å². The Labute approximate surface area is 126 Å². The van der Waals surface area contributed by atoms with E-state index < -0.39 is 5.97 Å². The highest BCUT2D eigenvalue weighted by molar-refractivity contribution is 5.93. The molecule has 2 heterocycles. The van der Waals surface area contributed by atoms with E-state index in [-0.39, 0.29) is 29.8 Å². The average molecular weight is 308 g/mol. The second kappa shape index (κ2) is 6.94. The van der Waals surface area contributed by atoms with Gasteiger partial charge in [-0.1, -0.05) is 0 Å². The van der Waals surface area contributed by atoms with E-state index in [9.17, 15) is 14.4 Å². The average Bonchev–Trinajstić information content (AvgIpc) is 2.54. The summed E-state index contributed by atoms with van der Waals surface area (Å²) < 4.78 is 4.79. The predicted octanol–water partition coefficient (Wildman–Crippen LogP) is -0.894. The van der Waals surface area contributed by atoms with E-state index in [1.807, 2.05) is 0 Å². The van der Waals surface area contributed by atoms with Crippen LogP contribution in [0, 0.1) is 0 Å². The summed E-state index contributed by atoms with van der Waals surface area (Å²) in [6, 6.07) is 0. The molecule has 1 aromatic heterocycles. The lowest BCUT2D eigenvalue weighted by Gasteiger charge is -2.34. The molecule has 0 bridgehead atoms. The Bertz CT molecular complexity index is 566. The molecule has 1 N–H and O–H groups in total. The molecule has 118 valence electrons. The Morgan fingerprint density at radius 3 is 2.14 bits per heavy atom. The van der Waals surface area contributed by atoms with Gasteiger partial charge < -0.3 is 19.6 Å². The first-order chi connectivity index (χ1) is 10.5. The first kappa shape index (κ1) is 15.8. The van der Waals surface area contributed by atoms with E-state index in [2.05, 4.69) is 9.97 Å². The normalized spacial score (nSPS) is 14.8. The van der Waals surface area contributed by atoms with Crippen LogP contribution < -0.4 is 0 Å². The van der Waals surface area contributed by atoms with Crippen LogP contribution in [0.2, 0.25) is 0 Å². The van der Waals surface area contributed by atoms with Crippen LogP contribution in [0.15, 0.2) is 12.4 Å². The minimum Gasteiger partial charge on any atom is -0.476 e. The Kier molecular flexibility index (Phi) is 4.99. The van der Waals surface area contributed by atoms with Gasteiger partial charge in [-0.05, 0) is 0 Å². The number of piperazine rings is 1. The zero-order valence-electron chi connectivity index (χ0n) is 12.1. The van der Waals surface area contributed by atoms with Crippen LogP contribution in [0.3, 0.4) is 0 Å². The number of methoxy groups -OCH3 is 1. The third-order valence-electron chi connectivity index (χ3n) is 3.28. The first-order valence-electron chi connectivity index (χ1n) is 6.64. The first-order valence-corrected chi connectivity index (χ1v) is 6.64. The molecule has 1 aromatic rings. The number of carbonyl (C=O) groups excluding carboxylic acids is 2. The summed E-state index contributed by atoms with van der Waals surface area (Å²) in [4.78, 5) is 45.3. The summed E-state index contributed by atoms with van der Waals surface area (Å²) in [6.07, 6.45) is 2.20. The maximum Gasteiger partial charge on any atom is 0.356 e. The molecule has 1 aliphatic heterocycles. The van der Waals surface area contributed by atoms with Gasteiger partial charge >= 0.3 is 5.97 Å². The highest BCUT2D eigenvalue weighted by atomic mass is 16.5. The number of ether oxygens (including phenoxy) is 1. The SMILES string of the molecule is COCC(=O)N1CCN(C(=O)c2cnc(C(=O)O)cn2)CC1. The number of carboxylic acid groups (broad SMARTS) is 1. The summed E-state index contributed by atoms with van der Waals surface area (Å²) in [7, 11) is 1.46. The van der Waals surface area contributed by atoms with Gasteiger partial charge in [-0.15, -0.1) is 0 Å². The zero-order valence-corrected chi connectivity index (χ0v) is 12.1. The molecule has 1 fully saturated rings. The van der Waals surface area contributed by atoms with E-state index in [1.165, 1.54) is 7.11 Å². The second-order valence-electron chi connectivity index (χ2n) is 4.70. The van der Waals surface area contributed by atoms with Crippen molar-refractivity contribution in [2.75, 3.05) is 39.9 Å². The molecule has 0 atom stereocenters. The topological polar surface area (TPSA) is 113 Å². The lowest BCUT2D eigenvalue weighted by Crippen LogP contribution is -2.51. The molecule has 0 radical (unpaired) electrons. The second-order valence-corrected chi connectivity index (χ2v) is 4.70. The number of rotatable bonds is 4. The Morgan fingerprint density at radius 2 is 1.64 bits per heavy atom. The molecule has 0 aliphatic carbocycles. The standard InChI is InChI=1S/C13H16N4O5/c1-22-8-11(18)16-2-4-17(5-3-16)12(19)9-6-15-10(7-14-9)13(20)21/h6-7H,2-5,8H2,1H3,(H,20,21). The van der Waals surface area contributed by atoms with Crippen LogP contribution in [0.5, 0.6) is 0 Å².